The van der Waals surface area contributed by atoms with E-state index in [2.05, 4.69) is 15.3 Å². The monoisotopic (exact) mass is 697 g/mol. The van der Waals surface area contributed by atoms with E-state index in [1.165, 1.54) is 24.3 Å². The summed E-state index contributed by atoms with van der Waals surface area (Å²) in [4.78, 5) is 87.5. The van der Waals surface area contributed by atoms with E-state index in [1.807, 2.05) is 0 Å². The van der Waals surface area contributed by atoms with Gasteiger partial charge in [-0.25, -0.2) is 0 Å². The zero-order valence-electron chi connectivity index (χ0n) is 27.3. The van der Waals surface area contributed by atoms with Crippen molar-refractivity contribution in [2.45, 2.75) is 19.3 Å². The molecule has 1 N–H and O–H groups in total. The number of nitro benzene ring substituents is 2. The summed E-state index contributed by atoms with van der Waals surface area (Å²) in [6, 6.07) is 15.4. The lowest BCUT2D eigenvalue weighted by molar-refractivity contribution is -0.384. The Bertz CT molecular complexity index is 2430. The minimum atomic E-state index is -0.607. The van der Waals surface area contributed by atoms with E-state index in [1.54, 1.807) is 48.8 Å². The van der Waals surface area contributed by atoms with E-state index >= 15 is 0 Å². The number of benzene rings is 4. The Kier molecular flexibility index (Phi) is 7.83. The Labute approximate surface area is 293 Å². The van der Waals surface area contributed by atoms with Crippen molar-refractivity contribution in [3.05, 3.63) is 116 Å². The van der Waals surface area contributed by atoms with Gasteiger partial charge in [-0.05, 0) is 56.6 Å². The number of carbonyl (C=O) groups is 4. The number of non-ortho nitro benzene ring substituents is 2. The number of nitrogens with one attached hydrogen (secondary N) is 1. The number of nitro groups is 2. The first kappa shape index (κ1) is 32.5. The number of carbonyl (C=O) groups excluding carboxylic acids is 4. The summed E-state index contributed by atoms with van der Waals surface area (Å²) in [7, 11) is 0. The number of hydrogen-bond acceptors (Lipinski definition) is 11. The lowest BCUT2D eigenvalue weighted by Crippen LogP contribution is -2.42. The van der Waals surface area contributed by atoms with E-state index in [9.17, 15) is 39.4 Å². The van der Waals surface area contributed by atoms with Crippen molar-refractivity contribution in [1.82, 2.24) is 25.1 Å². The van der Waals surface area contributed by atoms with Crippen LogP contribution in [0.5, 0.6) is 0 Å². The Morgan fingerprint density at radius 2 is 1.00 bits per heavy atom. The van der Waals surface area contributed by atoms with Gasteiger partial charge in [-0.1, -0.05) is 12.1 Å². The fraction of sp³-hybridized carbons (Fsp3) is 0.189. The number of nitrogens with zero attached hydrogens (tertiary/aromatic N) is 6. The fourth-order valence-electron chi connectivity index (χ4n) is 7.25. The number of aromatic nitrogens is 2. The summed E-state index contributed by atoms with van der Waals surface area (Å²) in [6.45, 7) is 1.14. The molecule has 0 saturated carbocycles. The third-order valence-corrected chi connectivity index (χ3v) is 9.62. The Balaban J connectivity index is 0.904. The Morgan fingerprint density at radius 1 is 0.577 bits per heavy atom. The normalized spacial score (nSPS) is 14.0. The number of imide groups is 2. The topological polar surface area (TPSA) is 199 Å². The maximum Gasteiger partial charge on any atom is 0.270 e. The van der Waals surface area contributed by atoms with Crippen LogP contribution in [-0.2, 0) is 0 Å². The molecule has 0 saturated heterocycles. The summed E-state index contributed by atoms with van der Waals surface area (Å²) in [5, 5.41) is 29.5. The second kappa shape index (κ2) is 12.5. The number of rotatable bonds is 11. The van der Waals surface area contributed by atoms with Gasteiger partial charge in [0.05, 0.1) is 32.0 Å². The van der Waals surface area contributed by atoms with Gasteiger partial charge in [0.1, 0.15) is 0 Å². The number of amides is 4. The first-order chi connectivity index (χ1) is 25.1. The molecule has 2 aliphatic rings. The van der Waals surface area contributed by atoms with Crippen LogP contribution in [0.1, 0.15) is 60.7 Å². The smallest absolute Gasteiger partial charge is 0.270 e. The minimum absolute atomic E-state index is 0.0808. The first-order valence-corrected chi connectivity index (χ1v) is 16.6. The van der Waals surface area contributed by atoms with Crippen molar-refractivity contribution in [2.24, 2.45) is 0 Å². The van der Waals surface area contributed by atoms with Crippen LogP contribution in [0.3, 0.4) is 0 Å². The number of hydrogen-bond donors (Lipinski definition) is 1. The van der Waals surface area contributed by atoms with Crippen LogP contribution in [0, 0.1) is 20.2 Å². The lowest BCUT2D eigenvalue weighted by atomic mass is 9.91. The molecule has 8 rings (SSSR count). The third kappa shape index (κ3) is 5.17. The van der Waals surface area contributed by atoms with Crippen molar-refractivity contribution >= 4 is 78.4 Å². The molecule has 6 aromatic rings. The third-order valence-electron chi connectivity index (χ3n) is 9.62. The summed E-state index contributed by atoms with van der Waals surface area (Å²) in [5.41, 5.74) is 1.15. The average molecular weight is 698 g/mol. The second-order valence-corrected chi connectivity index (χ2v) is 12.7. The highest BCUT2D eigenvalue weighted by atomic mass is 16.6. The molecule has 15 heteroatoms. The quantitative estimate of drug-likeness (QED) is 0.0585. The summed E-state index contributed by atoms with van der Waals surface area (Å²) in [6.07, 6.45) is 4.55. The van der Waals surface area contributed by atoms with Gasteiger partial charge >= 0.3 is 0 Å². The molecule has 0 radical (unpaired) electrons. The predicted octanol–water partition coefficient (Wildman–Crippen LogP) is 5.56. The van der Waals surface area contributed by atoms with Crippen molar-refractivity contribution in [3.63, 3.8) is 0 Å². The molecule has 0 fully saturated rings. The Hall–Kier alpha value is -6.74. The number of pyridine rings is 2. The summed E-state index contributed by atoms with van der Waals surface area (Å²) in [5.74, 6) is -2.16. The molecule has 0 unspecified atom stereocenters. The van der Waals surface area contributed by atoms with E-state index in [-0.39, 0.29) is 41.2 Å². The molecule has 0 aliphatic carbocycles. The molecule has 15 nitrogen and oxygen atoms in total. The van der Waals surface area contributed by atoms with Gasteiger partial charge in [-0.2, -0.15) is 0 Å². The molecule has 0 bridgehead atoms. The van der Waals surface area contributed by atoms with Gasteiger partial charge in [0.2, 0.25) is 0 Å². The van der Waals surface area contributed by atoms with Crippen molar-refractivity contribution < 1.29 is 29.0 Å². The zero-order valence-corrected chi connectivity index (χ0v) is 27.3. The molecular formula is C37H27N7O8. The van der Waals surface area contributed by atoms with Gasteiger partial charge < -0.3 is 5.32 Å². The number of unbranched alkanes of at least 4 members (excludes halogenated alkanes) is 1. The van der Waals surface area contributed by atoms with Crippen molar-refractivity contribution in [1.29, 1.82) is 0 Å². The minimum Gasteiger partial charge on any atom is -0.317 e. The van der Waals surface area contributed by atoms with Crippen LogP contribution in [0.25, 0.3) is 43.4 Å². The van der Waals surface area contributed by atoms with E-state index in [0.29, 0.717) is 81.3 Å². The van der Waals surface area contributed by atoms with Gasteiger partial charge in [-0.3, -0.25) is 59.2 Å². The molecule has 2 aromatic heterocycles. The van der Waals surface area contributed by atoms with Crippen LogP contribution in [0.2, 0.25) is 0 Å². The molecule has 0 spiro atoms. The van der Waals surface area contributed by atoms with Crippen molar-refractivity contribution in [3.8, 4) is 0 Å². The molecule has 4 aromatic carbocycles. The second-order valence-electron chi connectivity index (χ2n) is 12.7. The van der Waals surface area contributed by atoms with Crippen LogP contribution < -0.4 is 5.32 Å². The largest absolute Gasteiger partial charge is 0.317 e. The molecule has 4 heterocycles. The Morgan fingerprint density at radius 3 is 1.46 bits per heavy atom. The summed E-state index contributed by atoms with van der Waals surface area (Å²) < 4.78 is 0. The van der Waals surface area contributed by atoms with E-state index < -0.39 is 33.5 Å². The first-order valence-electron chi connectivity index (χ1n) is 16.6. The van der Waals surface area contributed by atoms with Crippen LogP contribution in [0.4, 0.5) is 11.4 Å². The molecule has 52 heavy (non-hydrogen) atoms. The van der Waals surface area contributed by atoms with Gasteiger partial charge in [0.25, 0.3) is 35.0 Å². The predicted molar refractivity (Wildman–Crippen MR) is 189 cm³/mol. The molecule has 0 atom stereocenters. The highest BCUT2D eigenvalue weighted by Gasteiger charge is 2.36. The SMILES string of the molecule is O=C1c2cc([N+](=O)[O-])cc3c2c(cc2cccnc23)C(=O)N1CCCCNCCCN1C(=O)c2cc([N+](=O)[O-])cc3c2c(cc2cccnc23)C1=O. The maximum atomic E-state index is 13.6. The van der Waals surface area contributed by atoms with Crippen LogP contribution >= 0.6 is 0 Å². The highest BCUT2D eigenvalue weighted by molar-refractivity contribution is 6.30. The van der Waals surface area contributed by atoms with Crippen LogP contribution in [0.15, 0.2) is 73.1 Å². The van der Waals surface area contributed by atoms with Gasteiger partial charge in [-0.15, -0.1) is 0 Å². The van der Waals surface area contributed by atoms with E-state index in [0.717, 1.165) is 9.80 Å². The fourth-order valence-corrected chi connectivity index (χ4v) is 7.25. The lowest BCUT2D eigenvalue weighted by Gasteiger charge is -2.28. The molecular weight excluding hydrogens is 670 g/mol. The van der Waals surface area contributed by atoms with Gasteiger partial charge in [0.15, 0.2) is 0 Å². The van der Waals surface area contributed by atoms with Gasteiger partial charge in [0, 0.05) is 93.2 Å². The molecule has 4 amide bonds. The number of fused-ring (bicyclic) bond motifs is 4. The standard InChI is InChI=1S/C37H27N7O8/c45-34-26-14-20-6-3-10-39-32(20)24-16-22(43(49)50)18-28(30(24)26)36(47)41(34)12-2-1-8-38-9-5-13-42-35(46)27-15-21-7-4-11-40-33(21)25-17-23(44(51)52)19-29(31(25)27)37(42)48/h3-4,6-7,10-11,14-19,38H,1-2,5,8-9,12-13H2. The average Bonchev–Trinajstić information content (AvgIpc) is 3.15. The van der Waals surface area contributed by atoms with Crippen molar-refractivity contribution in [2.75, 3.05) is 26.2 Å². The molecule has 258 valence electrons. The summed E-state index contributed by atoms with van der Waals surface area (Å²) >= 11 is 0. The molecule has 2 aliphatic heterocycles. The zero-order chi connectivity index (χ0) is 36.3. The van der Waals surface area contributed by atoms with E-state index in [4.69, 9.17) is 0 Å². The maximum absolute atomic E-state index is 13.6. The van der Waals surface area contributed by atoms with Crippen LogP contribution in [-0.4, -0.2) is 79.4 Å². The highest BCUT2D eigenvalue weighted by Crippen LogP contribution is 2.39.